The van der Waals surface area contributed by atoms with Crippen molar-refractivity contribution in [3.05, 3.63) is 186 Å². The van der Waals surface area contributed by atoms with Gasteiger partial charge in [-0.15, -0.1) is 0 Å². The van der Waals surface area contributed by atoms with Gasteiger partial charge in [-0.3, -0.25) is 0 Å². The van der Waals surface area contributed by atoms with Gasteiger partial charge >= 0.3 is 0 Å². The number of benzene rings is 9. The highest BCUT2D eigenvalue weighted by molar-refractivity contribution is 6.26. The van der Waals surface area contributed by atoms with Crippen LogP contribution in [0.1, 0.15) is 55.5 Å². The van der Waals surface area contributed by atoms with E-state index in [9.17, 15) is 5.26 Å². The van der Waals surface area contributed by atoms with Gasteiger partial charge in [0.05, 0.1) is 28.2 Å². The highest BCUT2D eigenvalue weighted by atomic mass is 14.9. The van der Waals surface area contributed by atoms with E-state index in [4.69, 9.17) is 0 Å². The molecule has 0 amide bonds. The van der Waals surface area contributed by atoms with Crippen LogP contribution in [0, 0.1) is 11.3 Å². The van der Waals surface area contributed by atoms with Crippen molar-refractivity contribution in [3.63, 3.8) is 0 Å². The molecule has 0 spiro atoms. The zero-order chi connectivity index (χ0) is 39.5. The Labute approximate surface area is 342 Å². The summed E-state index contributed by atoms with van der Waals surface area (Å²) in [6.45, 7) is 9.39. The van der Waals surface area contributed by atoms with Crippen LogP contribution in [0.3, 0.4) is 0 Å². The van der Waals surface area contributed by atoms with Crippen LogP contribution in [-0.2, 0) is 10.8 Å². The Bertz CT molecular complexity index is 3500. The predicted octanol–water partition coefficient (Wildman–Crippen LogP) is 15.0. The highest BCUT2D eigenvalue weighted by Crippen LogP contribution is 2.51. The molecule has 2 nitrogen and oxygen atoms in total. The quantitative estimate of drug-likeness (QED) is 0.173. The number of rotatable bonds is 2. The molecule has 2 aliphatic rings. The maximum absolute atomic E-state index is 10.2. The molecule has 276 valence electrons. The van der Waals surface area contributed by atoms with Crippen LogP contribution < -0.4 is 0 Å². The fraction of sp³-hybridized carbons (Fsp3) is 0.105. The van der Waals surface area contributed by atoms with Crippen LogP contribution in [0.2, 0.25) is 0 Å². The first-order chi connectivity index (χ1) is 28.7. The van der Waals surface area contributed by atoms with E-state index < -0.39 is 0 Å². The first-order valence-corrected chi connectivity index (χ1v) is 20.7. The second-order valence-electron chi connectivity index (χ2n) is 18.1. The first kappa shape index (κ1) is 32.8. The van der Waals surface area contributed by atoms with E-state index in [0.29, 0.717) is 5.56 Å². The summed E-state index contributed by atoms with van der Waals surface area (Å²) < 4.78 is 2.46. The van der Waals surface area contributed by atoms with Crippen LogP contribution in [0.4, 0.5) is 0 Å². The summed E-state index contributed by atoms with van der Waals surface area (Å²) in [5.41, 5.74) is 20.0. The van der Waals surface area contributed by atoms with Crippen LogP contribution in [0.25, 0.3) is 104 Å². The van der Waals surface area contributed by atoms with Gasteiger partial charge in [0.25, 0.3) is 0 Å². The lowest BCUT2D eigenvalue weighted by Gasteiger charge is -2.22. The third kappa shape index (κ3) is 4.24. The lowest BCUT2D eigenvalue weighted by atomic mass is 9.81. The Kier molecular flexibility index (Phi) is 6.14. The average Bonchev–Trinajstić information content (AvgIpc) is 3.91. The molecule has 0 unspecified atom stereocenters. The summed E-state index contributed by atoms with van der Waals surface area (Å²) in [6.07, 6.45) is 0. The first-order valence-electron chi connectivity index (χ1n) is 20.7. The van der Waals surface area contributed by atoms with Crippen molar-refractivity contribution in [1.29, 1.82) is 5.26 Å². The number of hydrogen-bond donors (Lipinski definition) is 0. The van der Waals surface area contributed by atoms with Gasteiger partial charge in [0.2, 0.25) is 0 Å². The number of aromatic nitrogens is 1. The molecular weight excluding hydrogens is 713 g/mol. The van der Waals surface area contributed by atoms with Crippen molar-refractivity contribution < 1.29 is 0 Å². The Morgan fingerprint density at radius 3 is 1.29 bits per heavy atom. The second kappa shape index (κ2) is 11.0. The van der Waals surface area contributed by atoms with Crippen LogP contribution >= 0.6 is 0 Å². The van der Waals surface area contributed by atoms with Gasteiger partial charge in [-0.2, -0.15) is 5.26 Å². The van der Waals surface area contributed by atoms with Crippen LogP contribution in [0.15, 0.2) is 158 Å². The Morgan fingerprint density at radius 2 is 0.814 bits per heavy atom. The van der Waals surface area contributed by atoms with Crippen molar-refractivity contribution >= 4 is 59.6 Å². The third-order valence-corrected chi connectivity index (χ3v) is 14.3. The van der Waals surface area contributed by atoms with E-state index in [0.717, 1.165) is 10.8 Å². The van der Waals surface area contributed by atoms with Gasteiger partial charge in [-0.25, -0.2) is 0 Å². The Morgan fingerprint density at radius 1 is 0.390 bits per heavy atom. The molecule has 11 aromatic rings. The third-order valence-electron chi connectivity index (χ3n) is 14.3. The normalized spacial score (nSPS) is 14.7. The summed E-state index contributed by atoms with van der Waals surface area (Å²) in [4.78, 5) is 0. The molecule has 2 aromatic heterocycles. The topological polar surface area (TPSA) is 28.2 Å². The highest BCUT2D eigenvalue weighted by Gasteiger charge is 2.36. The van der Waals surface area contributed by atoms with Gasteiger partial charge in [0.1, 0.15) is 0 Å². The lowest BCUT2D eigenvalue weighted by molar-refractivity contribution is 0.660. The van der Waals surface area contributed by atoms with Gasteiger partial charge in [0.15, 0.2) is 0 Å². The molecule has 2 heteroatoms. The molecule has 59 heavy (non-hydrogen) atoms. The lowest BCUT2D eigenvalue weighted by Crippen LogP contribution is -2.14. The molecule has 13 rings (SSSR count). The van der Waals surface area contributed by atoms with Gasteiger partial charge in [-0.1, -0.05) is 125 Å². The summed E-state index contributed by atoms with van der Waals surface area (Å²) in [6, 6.07) is 61.5. The second-order valence-corrected chi connectivity index (χ2v) is 18.1. The molecule has 0 atom stereocenters. The predicted molar refractivity (Wildman–Crippen MR) is 247 cm³/mol. The standard InChI is InChI=1S/C57H38N2/c1-56(2)49-11-7-5-9-41(49)43-19-17-37(27-51(43)56)33-13-15-35-25-45-47-21-32(31-58)22-48-46-26-36-16-14-34(24-40(36)30-54(46)59(55(47)48)53(45)29-39(35)23-33)38-18-20-44-42-10-6-8-12-50(42)57(3,4)52(44)28-38/h5-30H,1-4H3. The van der Waals surface area contributed by atoms with E-state index in [1.165, 1.54) is 116 Å². The minimum atomic E-state index is -0.0515. The minimum Gasteiger partial charge on any atom is -0.308 e. The zero-order valence-corrected chi connectivity index (χ0v) is 33.4. The van der Waals surface area contributed by atoms with Gasteiger partial charge in [-0.05, 0) is 149 Å². The van der Waals surface area contributed by atoms with Crippen molar-refractivity contribution in [2.24, 2.45) is 0 Å². The monoisotopic (exact) mass is 750 g/mol. The van der Waals surface area contributed by atoms with Gasteiger partial charge < -0.3 is 4.40 Å². The van der Waals surface area contributed by atoms with E-state index in [2.05, 4.69) is 196 Å². The molecule has 0 bridgehead atoms. The minimum absolute atomic E-state index is 0.0515. The summed E-state index contributed by atoms with van der Waals surface area (Å²) >= 11 is 0. The van der Waals surface area contributed by atoms with Crippen molar-refractivity contribution in [3.8, 4) is 50.6 Å². The van der Waals surface area contributed by atoms with Crippen LogP contribution in [-0.4, -0.2) is 4.40 Å². The largest absolute Gasteiger partial charge is 0.308 e. The molecule has 0 aliphatic heterocycles. The molecule has 0 fully saturated rings. The van der Waals surface area contributed by atoms with Gasteiger partial charge in [0, 0.05) is 32.4 Å². The number of fused-ring (bicyclic) bond motifs is 14. The number of hydrogen-bond acceptors (Lipinski definition) is 1. The summed E-state index contributed by atoms with van der Waals surface area (Å²) in [5.74, 6) is 0. The smallest absolute Gasteiger partial charge is 0.0992 e. The molecule has 9 aromatic carbocycles. The Balaban J connectivity index is 0.990. The molecule has 0 saturated heterocycles. The SMILES string of the molecule is CC1(C)c2ccccc2-c2ccc(-c3ccc4cc5c6cc(C#N)cc7c8cc9ccc(-c%10ccc%11c(c%10)C(C)(C)c%10ccccc%10-%11)cc9cc8n(c5cc4c3)c67)cc21. The van der Waals surface area contributed by atoms with Crippen molar-refractivity contribution in [1.82, 2.24) is 4.40 Å². The number of nitrogens with zero attached hydrogens (tertiary/aromatic N) is 2. The molecule has 0 saturated carbocycles. The zero-order valence-electron chi connectivity index (χ0n) is 33.4. The molecule has 0 radical (unpaired) electrons. The van der Waals surface area contributed by atoms with E-state index >= 15 is 0 Å². The fourth-order valence-electron chi connectivity index (χ4n) is 11.2. The molecule has 2 aliphatic carbocycles. The van der Waals surface area contributed by atoms with Crippen molar-refractivity contribution in [2.45, 2.75) is 38.5 Å². The molecule has 0 N–H and O–H groups in total. The maximum atomic E-state index is 10.2. The summed E-state index contributed by atoms with van der Waals surface area (Å²) in [5, 5.41) is 19.7. The average molecular weight is 751 g/mol. The molecule has 2 heterocycles. The van der Waals surface area contributed by atoms with Crippen molar-refractivity contribution in [2.75, 3.05) is 0 Å². The van der Waals surface area contributed by atoms with E-state index in [-0.39, 0.29) is 10.8 Å². The molecular formula is C57H38N2. The summed E-state index contributed by atoms with van der Waals surface area (Å²) in [7, 11) is 0. The fourth-order valence-corrected chi connectivity index (χ4v) is 11.2. The van der Waals surface area contributed by atoms with E-state index in [1.54, 1.807) is 0 Å². The number of nitriles is 1. The van der Waals surface area contributed by atoms with E-state index in [1.807, 2.05) is 0 Å². The maximum Gasteiger partial charge on any atom is 0.0992 e. The van der Waals surface area contributed by atoms with Crippen LogP contribution in [0.5, 0.6) is 0 Å². The Hall–Kier alpha value is -7.21.